The summed E-state index contributed by atoms with van der Waals surface area (Å²) in [5, 5.41) is 0. The lowest BCUT2D eigenvalue weighted by molar-refractivity contribution is 0.191. The van der Waals surface area contributed by atoms with E-state index in [-0.39, 0.29) is 12.4 Å². The lowest BCUT2D eigenvalue weighted by Gasteiger charge is -2.37. The number of nitrogens with zero attached hydrogens (tertiary/aromatic N) is 3. The molecule has 0 spiro atoms. The maximum atomic E-state index is 13.3. The lowest BCUT2D eigenvalue weighted by Crippen LogP contribution is -2.48. The van der Waals surface area contributed by atoms with Crippen LogP contribution in [0.5, 0.6) is 5.75 Å². The van der Waals surface area contributed by atoms with Gasteiger partial charge in [-0.1, -0.05) is 30.3 Å². The quantitative estimate of drug-likeness (QED) is 0.731. The highest BCUT2D eigenvalue weighted by Crippen LogP contribution is 2.41. The van der Waals surface area contributed by atoms with E-state index in [1.54, 1.807) is 18.2 Å². The zero-order valence-electron chi connectivity index (χ0n) is 15.8. The minimum Gasteiger partial charge on any atom is -0.469 e. The van der Waals surface area contributed by atoms with Crippen molar-refractivity contribution in [2.45, 2.75) is 5.44 Å². The zero-order valence-corrected chi connectivity index (χ0v) is 17.4. The first kappa shape index (κ1) is 21.5. The van der Waals surface area contributed by atoms with Crippen LogP contribution in [0.2, 0.25) is 0 Å². The molecular formula is C19H26ClN3O3S. The van der Waals surface area contributed by atoms with Crippen molar-refractivity contribution in [3.63, 3.8) is 0 Å². The third kappa shape index (κ3) is 4.73. The van der Waals surface area contributed by atoms with Gasteiger partial charge in [-0.25, -0.2) is 12.7 Å². The molecule has 1 atom stereocenters. The first-order chi connectivity index (χ1) is 12.4. The smallest absolute Gasteiger partial charge is 0.279 e. The van der Waals surface area contributed by atoms with E-state index in [9.17, 15) is 8.42 Å². The van der Waals surface area contributed by atoms with Crippen LogP contribution in [-0.2, 0) is 10.0 Å². The molecule has 0 bridgehead atoms. The molecule has 0 aliphatic carbocycles. The van der Waals surface area contributed by atoms with Crippen molar-refractivity contribution < 1.29 is 13.2 Å². The topological polar surface area (TPSA) is 53.1 Å². The van der Waals surface area contributed by atoms with Gasteiger partial charge in [-0.3, -0.25) is 0 Å². The molecule has 0 amide bonds. The standard InChI is InChI=1S/C19H25N3O3S.ClH/c1-20(2)13-14-21(3)15-19-25-18-12-8-7-11-17(18)22(26(19,23)24)16-9-5-4-6-10-16;/h4-12,19H,13-15H2,1-3H3;1H. The number of sulfonamides is 1. The fourth-order valence-corrected chi connectivity index (χ4v) is 4.62. The summed E-state index contributed by atoms with van der Waals surface area (Å²) in [5.41, 5.74) is 0.208. The van der Waals surface area contributed by atoms with Gasteiger partial charge >= 0.3 is 0 Å². The molecule has 8 heteroatoms. The Bertz CT molecular complexity index is 846. The molecule has 3 rings (SSSR count). The molecule has 0 radical (unpaired) electrons. The summed E-state index contributed by atoms with van der Waals surface area (Å²) in [5.74, 6) is 0.581. The second-order valence-electron chi connectivity index (χ2n) is 6.73. The maximum Gasteiger partial charge on any atom is 0.279 e. The maximum absolute atomic E-state index is 13.3. The monoisotopic (exact) mass is 411 g/mol. The molecule has 1 aliphatic heterocycles. The number of para-hydroxylation sites is 3. The molecule has 1 aliphatic rings. The van der Waals surface area contributed by atoms with Gasteiger partial charge in [0.15, 0.2) is 0 Å². The fraction of sp³-hybridized carbons (Fsp3) is 0.368. The molecule has 0 saturated heterocycles. The van der Waals surface area contributed by atoms with Gasteiger partial charge in [0.05, 0.1) is 17.9 Å². The molecule has 1 heterocycles. The predicted octanol–water partition coefficient (Wildman–Crippen LogP) is 2.79. The minimum atomic E-state index is -3.71. The number of hydrogen-bond donors (Lipinski definition) is 0. The van der Waals surface area contributed by atoms with Crippen LogP contribution in [0.25, 0.3) is 0 Å². The van der Waals surface area contributed by atoms with Crippen LogP contribution in [0.4, 0.5) is 11.4 Å². The Morgan fingerprint density at radius 1 is 0.963 bits per heavy atom. The van der Waals surface area contributed by atoms with E-state index in [0.717, 1.165) is 13.1 Å². The van der Waals surface area contributed by atoms with Crippen molar-refractivity contribution in [2.24, 2.45) is 0 Å². The molecular weight excluding hydrogens is 386 g/mol. The number of halogens is 1. The van der Waals surface area contributed by atoms with Gasteiger partial charge in [0.25, 0.3) is 10.0 Å². The van der Waals surface area contributed by atoms with Crippen molar-refractivity contribution in [2.75, 3.05) is 45.1 Å². The van der Waals surface area contributed by atoms with E-state index in [0.29, 0.717) is 23.7 Å². The van der Waals surface area contributed by atoms with Crippen LogP contribution in [0, 0.1) is 0 Å². The van der Waals surface area contributed by atoms with Crippen molar-refractivity contribution in [1.82, 2.24) is 9.80 Å². The lowest BCUT2D eigenvalue weighted by atomic mass is 10.2. The third-order valence-corrected chi connectivity index (χ3v) is 6.14. The SMILES string of the molecule is CN(C)CCN(C)CC1Oc2ccccc2N(c2ccccc2)S1(=O)=O.Cl. The number of likely N-dealkylation sites (N-methyl/N-ethyl adjacent to an activating group) is 2. The summed E-state index contributed by atoms with van der Waals surface area (Å²) in [6.07, 6.45) is 0. The van der Waals surface area contributed by atoms with Crippen LogP contribution >= 0.6 is 12.4 Å². The van der Waals surface area contributed by atoms with E-state index in [1.807, 2.05) is 62.4 Å². The van der Waals surface area contributed by atoms with Gasteiger partial charge in [0.1, 0.15) is 5.75 Å². The van der Waals surface area contributed by atoms with Gasteiger partial charge in [-0.15, -0.1) is 12.4 Å². The summed E-state index contributed by atoms with van der Waals surface area (Å²) < 4.78 is 33.9. The molecule has 0 N–H and O–H groups in total. The first-order valence-electron chi connectivity index (χ1n) is 8.58. The highest BCUT2D eigenvalue weighted by atomic mass is 35.5. The Labute approximate surface area is 167 Å². The largest absolute Gasteiger partial charge is 0.469 e. The highest BCUT2D eigenvalue weighted by Gasteiger charge is 2.41. The molecule has 27 heavy (non-hydrogen) atoms. The number of fused-ring (bicyclic) bond motifs is 1. The van der Waals surface area contributed by atoms with Crippen LogP contribution in [-0.4, -0.2) is 64.4 Å². The van der Waals surface area contributed by atoms with E-state index in [1.165, 1.54) is 4.31 Å². The Hall–Kier alpha value is -1.80. The molecule has 1 unspecified atom stereocenters. The summed E-state index contributed by atoms with van der Waals surface area (Å²) >= 11 is 0. The molecule has 0 fully saturated rings. The van der Waals surface area contributed by atoms with Crippen molar-refractivity contribution in [3.8, 4) is 5.75 Å². The van der Waals surface area contributed by atoms with Gasteiger partial charge < -0.3 is 14.5 Å². The highest BCUT2D eigenvalue weighted by molar-refractivity contribution is 7.93. The fourth-order valence-electron chi connectivity index (χ4n) is 2.88. The molecule has 0 aromatic heterocycles. The Kier molecular flexibility index (Phi) is 7.11. The number of hydrogen-bond acceptors (Lipinski definition) is 5. The number of anilines is 2. The molecule has 2 aromatic carbocycles. The van der Waals surface area contributed by atoms with Crippen LogP contribution < -0.4 is 9.04 Å². The van der Waals surface area contributed by atoms with Gasteiger partial charge in [0.2, 0.25) is 5.44 Å². The van der Waals surface area contributed by atoms with E-state index >= 15 is 0 Å². The zero-order chi connectivity index (χ0) is 18.7. The van der Waals surface area contributed by atoms with Crippen molar-refractivity contribution in [1.29, 1.82) is 0 Å². The van der Waals surface area contributed by atoms with Crippen LogP contribution in [0.1, 0.15) is 0 Å². The van der Waals surface area contributed by atoms with E-state index in [2.05, 4.69) is 4.90 Å². The van der Waals surface area contributed by atoms with Gasteiger partial charge in [-0.2, -0.15) is 0 Å². The number of rotatable bonds is 6. The summed E-state index contributed by atoms with van der Waals surface area (Å²) in [6, 6.07) is 16.4. The normalized spacial score (nSPS) is 18.0. The van der Waals surface area contributed by atoms with Crippen molar-refractivity contribution >= 4 is 33.8 Å². The number of benzene rings is 2. The minimum absolute atomic E-state index is 0. The van der Waals surface area contributed by atoms with Gasteiger partial charge in [0, 0.05) is 13.1 Å². The third-order valence-electron chi connectivity index (χ3n) is 4.31. The molecule has 2 aromatic rings. The summed E-state index contributed by atoms with van der Waals surface area (Å²) in [7, 11) is 2.19. The second-order valence-corrected chi connectivity index (χ2v) is 8.65. The predicted molar refractivity (Wildman–Crippen MR) is 112 cm³/mol. The van der Waals surface area contributed by atoms with E-state index < -0.39 is 15.5 Å². The molecule has 6 nitrogen and oxygen atoms in total. The average molecular weight is 412 g/mol. The van der Waals surface area contributed by atoms with Crippen LogP contribution in [0.3, 0.4) is 0 Å². The summed E-state index contributed by atoms with van der Waals surface area (Å²) in [6.45, 7) is 1.91. The number of ether oxygens (including phenoxy) is 1. The summed E-state index contributed by atoms with van der Waals surface area (Å²) in [4.78, 5) is 4.05. The second kappa shape index (κ2) is 8.93. The van der Waals surface area contributed by atoms with E-state index in [4.69, 9.17) is 4.74 Å². The van der Waals surface area contributed by atoms with Crippen molar-refractivity contribution in [3.05, 3.63) is 54.6 Å². The Morgan fingerprint density at radius 2 is 1.59 bits per heavy atom. The Balaban J connectivity index is 0.00000261. The first-order valence-corrected chi connectivity index (χ1v) is 10.1. The molecule has 0 saturated carbocycles. The molecule has 148 valence electrons. The van der Waals surface area contributed by atoms with Gasteiger partial charge in [-0.05, 0) is 45.4 Å². The van der Waals surface area contributed by atoms with Crippen LogP contribution in [0.15, 0.2) is 54.6 Å². The Morgan fingerprint density at radius 3 is 2.26 bits per heavy atom. The average Bonchev–Trinajstić information content (AvgIpc) is 2.61.